The second kappa shape index (κ2) is 7.18. The van der Waals surface area contributed by atoms with E-state index in [0.717, 1.165) is 16.0 Å². The third-order valence-corrected chi connectivity index (χ3v) is 4.93. The maximum atomic E-state index is 12.6. The fraction of sp³-hybridized carbons (Fsp3) is 0.235. The van der Waals surface area contributed by atoms with Gasteiger partial charge in [-0.2, -0.15) is 0 Å². The van der Waals surface area contributed by atoms with Crippen LogP contribution in [0.1, 0.15) is 17.0 Å². The minimum absolute atomic E-state index is 0.224. The van der Waals surface area contributed by atoms with Crippen molar-refractivity contribution < 1.29 is 13.7 Å². The van der Waals surface area contributed by atoms with Gasteiger partial charge in [0.1, 0.15) is 0 Å². The Hall–Kier alpha value is -1.94. The Morgan fingerprint density at radius 3 is 2.33 bits per heavy atom. The van der Waals surface area contributed by atoms with Gasteiger partial charge in [0.05, 0.1) is 23.8 Å². The van der Waals surface area contributed by atoms with Crippen LogP contribution in [-0.2, 0) is 20.3 Å². The first-order valence-electron chi connectivity index (χ1n) is 6.70. The van der Waals surface area contributed by atoms with Gasteiger partial charge in [-0.15, -0.1) is 0 Å². The molecule has 2 aromatic carbocycles. The molecule has 0 saturated heterocycles. The molecule has 2 atom stereocenters. The lowest BCUT2D eigenvalue weighted by atomic mass is 10.0. The number of ether oxygens (including phenoxy) is 1. The van der Waals surface area contributed by atoms with Crippen molar-refractivity contribution in [2.75, 3.05) is 12.9 Å². The number of rotatable bonds is 5. The van der Waals surface area contributed by atoms with Crippen molar-refractivity contribution in [1.29, 1.82) is 0 Å². The third kappa shape index (κ3) is 3.79. The van der Waals surface area contributed by atoms with E-state index < -0.39 is 16.7 Å². The van der Waals surface area contributed by atoms with Crippen LogP contribution >= 0.6 is 0 Å². The summed E-state index contributed by atoms with van der Waals surface area (Å²) in [7, 11) is 0.108. The smallest absolute Gasteiger partial charge is 0.314 e. The zero-order valence-corrected chi connectivity index (χ0v) is 12.9. The number of esters is 1. The summed E-state index contributed by atoms with van der Waals surface area (Å²) in [6, 6.07) is 16.8. The largest absolute Gasteiger partial charge is 0.469 e. The van der Waals surface area contributed by atoms with Crippen LogP contribution in [0, 0.1) is 6.92 Å². The molecule has 0 amide bonds. The molecule has 2 rings (SSSR count). The van der Waals surface area contributed by atoms with E-state index >= 15 is 0 Å². The molecule has 0 aliphatic rings. The Morgan fingerprint density at radius 2 is 1.71 bits per heavy atom. The molecule has 0 heterocycles. The Labute approximate surface area is 127 Å². The summed E-state index contributed by atoms with van der Waals surface area (Å²) in [5, 5.41) is 0. The van der Waals surface area contributed by atoms with Crippen LogP contribution in [0.2, 0.25) is 0 Å². The second-order valence-electron chi connectivity index (χ2n) is 4.76. The van der Waals surface area contributed by atoms with Crippen LogP contribution in [-0.4, -0.2) is 23.0 Å². The lowest BCUT2D eigenvalue weighted by molar-refractivity contribution is -0.141. The molecule has 0 saturated carbocycles. The van der Waals surface area contributed by atoms with Gasteiger partial charge in [-0.25, -0.2) is 0 Å². The molecule has 0 fully saturated rings. The van der Waals surface area contributed by atoms with Gasteiger partial charge in [-0.3, -0.25) is 9.00 Å². The summed E-state index contributed by atoms with van der Waals surface area (Å²) in [5.74, 6) is -0.651. The highest BCUT2D eigenvalue weighted by atomic mass is 32.2. The van der Waals surface area contributed by atoms with Crippen LogP contribution in [0.5, 0.6) is 0 Å². The lowest BCUT2D eigenvalue weighted by Gasteiger charge is -2.15. The highest BCUT2D eigenvalue weighted by Crippen LogP contribution is 2.22. The average molecular weight is 302 g/mol. The minimum atomic E-state index is -1.25. The number of hydrogen-bond donors (Lipinski definition) is 0. The first-order chi connectivity index (χ1) is 10.1. The van der Waals surface area contributed by atoms with E-state index in [-0.39, 0.29) is 11.7 Å². The summed E-state index contributed by atoms with van der Waals surface area (Å²) in [4.78, 5) is 12.8. The fourth-order valence-electron chi connectivity index (χ4n) is 2.18. The Bertz CT molecular complexity index is 637. The topological polar surface area (TPSA) is 43.4 Å². The molecule has 2 unspecified atom stereocenters. The standard InChI is InChI=1S/C17H18O3S/c1-13-8-6-7-11-16(13)21(19)12-15(17(18)20-2)14-9-4-3-5-10-14/h3-11,15H,12H2,1-2H3. The summed E-state index contributed by atoms with van der Waals surface area (Å²) < 4.78 is 17.4. The van der Waals surface area contributed by atoms with Crippen molar-refractivity contribution in [3.8, 4) is 0 Å². The van der Waals surface area contributed by atoms with E-state index in [1.807, 2.05) is 61.5 Å². The van der Waals surface area contributed by atoms with Crippen molar-refractivity contribution in [2.45, 2.75) is 17.7 Å². The summed E-state index contributed by atoms with van der Waals surface area (Å²) in [6.07, 6.45) is 0. The quantitative estimate of drug-likeness (QED) is 0.797. The van der Waals surface area contributed by atoms with Gasteiger partial charge in [0.25, 0.3) is 0 Å². The Balaban J connectivity index is 2.26. The number of carbonyl (C=O) groups excluding carboxylic acids is 1. The van der Waals surface area contributed by atoms with E-state index in [1.54, 1.807) is 0 Å². The Morgan fingerprint density at radius 1 is 1.10 bits per heavy atom. The average Bonchev–Trinajstić information content (AvgIpc) is 2.53. The molecule has 0 spiro atoms. The number of carbonyl (C=O) groups is 1. The molecule has 0 radical (unpaired) electrons. The first kappa shape index (κ1) is 15.4. The number of aryl methyl sites for hydroxylation is 1. The Kier molecular flexibility index (Phi) is 5.28. The normalized spacial score (nSPS) is 13.4. The third-order valence-electron chi connectivity index (χ3n) is 3.34. The van der Waals surface area contributed by atoms with Crippen molar-refractivity contribution >= 4 is 16.8 Å². The maximum absolute atomic E-state index is 12.6. The van der Waals surface area contributed by atoms with Gasteiger partial charge in [0.15, 0.2) is 0 Å². The molecular formula is C17H18O3S. The first-order valence-corrected chi connectivity index (χ1v) is 8.02. The molecule has 0 bridgehead atoms. The molecule has 0 N–H and O–H groups in total. The van der Waals surface area contributed by atoms with E-state index in [9.17, 15) is 9.00 Å². The predicted molar refractivity (Wildman–Crippen MR) is 83.7 cm³/mol. The molecule has 110 valence electrons. The van der Waals surface area contributed by atoms with Crippen molar-refractivity contribution in [1.82, 2.24) is 0 Å². The van der Waals surface area contributed by atoms with Crippen molar-refractivity contribution in [2.24, 2.45) is 0 Å². The number of benzene rings is 2. The molecule has 3 nitrogen and oxygen atoms in total. The van der Waals surface area contributed by atoms with Crippen LogP contribution in [0.25, 0.3) is 0 Å². The van der Waals surface area contributed by atoms with Crippen LogP contribution in [0.3, 0.4) is 0 Å². The van der Waals surface area contributed by atoms with E-state index in [4.69, 9.17) is 4.74 Å². The molecule has 0 aliphatic carbocycles. The van der Waals surface area contributed by atoms with Crippen molar-refractivity contribution in [3.63, 3.8) is 0 Å². The highest BCUT2D eigenvalue weighted by Gasteiger charge is 2.24. The molecular weight excluding hydrogens is 284 g/mol. The van der Waals surface area contributed by atoms with Gasteiger partial charge < -0.3 is 4.74 Å². The van der Waals surface area contributed by atoms with E-state index in [0.29, 0.717) is 0 Å². The van der Waals surface area contributed by atoms with Gasteiger partial charge in [0, 0.05) is 10.6 Å². The molecule has 0 aromatic heterocycles. The van der Waals surface area contributed by atoms with Crippen LogP contribution in [0.4, 0.5) is 0 Å². The van der Waals surface area contributed by atoms with Gasteiger partial charge in [0.2, 0.25) is 0 Å². The number of methoxy groups -OCH3 is 1. The highest BCUT2D eigenvalue weighted by molar-refractivity contribution is 7.85. The maximum Gasteiger partial charge on any atom is 0.314 e. The predicted octanol–water partition coefficient (Wildman–Crippen LogP) is 3.06. The summed E-state index contributed by atoms with van der Waals surface area (Å²) in [6.45, 7) is 1.92. The summed E-state index contributed by atoms with van der Waals surface area (Å²) in [5.41, 5.74) is 1.79. The number of hydrogen-bond acceptors (Lipinski definition) is 3. The molecule has 0 aliphatic heterocycles. The monoisotopic (exact) mass is 302 g/mol. The minimum Gasteiger partial charge on any atom is -0.469 e. The van der Waals surface area contributed by atoms with E-state index in [1.165, 1.54) is 7.11 Å². The molecule has 21 heavy (non-hydrogen) atoms. The zero-order chi connectivity index (χ0) is 15.2. The summed E-state index contributed by atoms with van der Waals surface area (Å²) >= 11 is 0. The lowest BCUT2D eigenvalue weighted by Crippen LogP contribution is -2.21. The van der Waals surface area contributed by atoms with Crippen LogP contribution in [0.15, 0.2) is 59.5 Å². The van der Waals surface area contributed by atoms with Gasteiger partial charge in [-0.1, -0.05) is 48.5 Å². The second-order valence-corrected chi connectivity index (χ2v) is 6.23. The van der Waals surface area contributed by atoms with Crippen LogP contribution < -0.4 is 0 Å². The van der Waals surface area contributed by atoms with Gasteiger partial charge >= 0.3 is 5.97 Å². The molecule has 2 aromatic rings. The van der Waals surface area contributed by atoms with E-state index in [2.05, 4.69) is 0 Å². The SMILES string of the molecule is COC(=O)C(CS(=O)c1ccccc1C)c1ccccc1. The molecule has 4 heteroatoms. The zero-order valence-electron chi connectivity index (χ0n) is 12.1. The van der Waals surface area contributed by atoms with Gasteiger partial charge in [-0.05, 0) is 24.1 Å². The van der Waals surface area contributed by atoms with Crippen molar-refractivity contribution in [3.05, 3.63) is 65.7 Å². The fourth-order valence-corrected chi connectivity index (χ4v) is 3.65.